The van der Waals surface area contributed by atoms with Crippen molar-refractivity contribution in [3.05, 3.63) is 18.5 Å². The molecule has 0 spiro atoms. The lowest BCUT2D eigenvalue weighted by atomic mass is 10.2. The van der Waals surface area contributed by atoms with Crippen LogP contribution in [-0.4, -0.2) is 30.3 Å². The Labute approximate surface area is 90.0 Å². The van der Waals surface area contributed by atoms with Crippen molar-refractivity contribution in [3.63, 3.8) is 0 Å². The predicted molar refractivity (Wildman–Crippen MR) is 60.9 cm³/mol. The molecule has 0 saturated carbocycles. The van der Waals surface area contributed by atoms with Crippen LogP contribution in [0.1, 0.15) is 13.8 Å². The first kappa shape index (κ1) is 10.2. The van der Waals surface area contributed by atoms with Gasteiger partial charge in [0.25, 0.3) is 0 Å². The molecule has 4 nitrogen and oxygen atoms in total. The number of anilines is 2. The van der Waals surface area contributed by atoms with E-state index >= 15 is 0 Å². The van der Waals surface area contributed by atoms with Gasteiger partial charge in [0, 0.05) is 19.3 Å². The van der Waals surface area contributed by atoms with Crippen molar-refractivity contribution in [2.24, 2.45) is 0 Å². The van der Waals surface area contributed by atoms with Crippen LogP contribution in [0.5, 0.6) is 0 Å². The number of morpholine rings is 1. The molecular formula is C11H17N3O. The van der Waals surface area contributed by atoms with Crippen LogP contribution in [0.4, 0.5) is 11.4 Å². The van der Waals surface area contributed by atoms with Crippen LogP contribution in [0.3, 0.4) is 0 Å². The van der Waals surface area contributed by atoms with E-state index in [-0.39, 0.29) is 12.2 Å². The largest absolute Gasteiger partial charge is 0.396 e. The van der Waals surface area contributed by atoms with Crippen LogP contribution in [0.25, 0.3) is 0 Å². The Hall–Kier alpha value is -1.29. The molecule has 82 valence electrons. The second-order valence-electron chi connectivity index (χ2n) is 4.10. The molecule has 0 radical (unpaired) electrons. The maximum atomic E-state index is 5.90. The lowest BCUT2D eigenvalue weighted by Gasteiger charge is -2.37. The van der Waals surface area contributed by atoms with Gasteiger partial charge in [-0.25, -0.2) is 0 Å². The lowest BCUT2D eigenvalue weighted by Crippen LogP contribution is -2.45. The predicted octanol–water partition coefficient (Wildman–Crippen LogP) is 1.28. The van der Waals surface area contributed by atoms with Crippen molar-refractivity contribution in [2.75, 3.05) is 23.7 Å². The van der Waals surface area contributed by atoms with Crippen LogP contribution in [0.15, 0.2) is 18.5 Å². The number of nitrogens with zero attached hydrogens (tertiary/aromatic N) is 2. The number of rotatable bonds is 1. The number of hydrogen-bond acceptors (Lipinski definition) is 4. The van der Waals surface area contributed by atoms with Crippen molar-refractivity contribution in [1.82, 2.24) is 4.98 Å². The Morgan fingerprint density at radius 2 is 2.07 bits per heavy atom. The van der Waals surface area contributed by atoms with Crippen molar-refractivity contribution < 1.29 is 4.74 Å². The summed E-state index contributed by atoms with van der Waals surface area (Å²) in [6, 6.07) is 1.96. The Bertz CT molecular complexity index is 332. The highest BCUT2D eigenvalue weighted by molar-refractivity contribution is 5.66. The summed E-state index contributed by atoms with van der Waals surface area (Å²) >= 11 is 0. The molecule has 0 amide bonds. The van der Waals surface area contributed by atoms with Gasteiger partial charge in [0.15, 0.2) is 0 Å². The number of nitrogens with two attached hydrogens (primary N) is 1. The Kier molecular flexibility index (Phi) is 2.77. The van der Waals surface area contributed by atoms with Crippen LogP contribution in [-0.2, 0) is 4.74 Å². The van der Waals surface area contributed by atoms with Crippen LogP contribution in [0.2, 0.25) is 0 Å². The highest BCUT2D eigenvalue weighted by Crippen LogP contribution is 2.24. The van der Waals surface area contributed by atoms with Gasteiger partial charge in [0.05, 0.1) is 29.8 Å². The fraction of sp³-hybridized carbons (Fsp3) is 0.545. The Morgan fingerprint density at radius 1 is 1.40 bits per heavy atom. The zero-order valence-electron chi connectivity index (χ0n) is 9.18. The van der Waals surface area contributed by atoms with Crippen molar-refractivity contribution in [2.45, 2.75) is 26.1 Å². The Morgan fingerprint density at radius 3 is 2.67 bits per heavy atom. The SMILES string of the molecule is C[C@@H]1CN(c2ccncc2N)C[C@H](C)O1. The van der Waals surface area contributed by atoms with Crippen molar-refractivity contribution in [3.8, 4) is 0 Å². The van der Waals surface area contributed by atoms with Gasteiger partial charge in [-0.05, 0) is 19.9 Å². The number of nitrogen functional groups attached to an aromatic ring is 1. The first-order valence-corrected chi connectivity index (χ1v) is 5.26. The lowest BCUT2D eigenvalue weighted by molar-refractivity contribution is -0.00517. The fourth-order valence-electron chi connectivity index (χ4n) is 2.06. The average Bonchev–Trinajstić information content (AvgIpc) is 2.16. The second kappa shape index (κ2) is 4.06. The molecule has 1 aromatic heterocycles. The summed E-state index contributed by atoms with van der Waals surface area (Å²) in [5.74, 6) is 0. The molecule has 2 rings (SSSR count). The fourth-order valence-corrected chi connectivity index (χ4v) is 2.06. The van der Waals surface area contributed by atoms with E-state index < -0.39 is 0 Å². The summed E-state index contributed by atoms with van der Waals surface area (Å²) in [5, 5.41) is 0. The van der Waals surface area contributed by atoms with Gasteiger partial charge in [-0.3, -0.25) is 4.98 Å². The van der Waals surface area contributed by atoms with E-state index in [1.165, 1.54) is 0 Å². The maximum Gasteiger partial charge on any atom is 0.0738 e. The molecule has 1 aliphatic rings. The molecule has 1 saturated heterocycles. The molecule has 0 aliphatic carbocycles. The van der Waals surface area contributed by atoms with Gasteiger partial charge in [-0.2, -0.15) is 0 Å². The topological polar surface area (TPSA) is 51.4 Å². The molecule has 0 bridgehead atoms. The summed E-state index contributed by atoms with van der Waals surface area (Å²) in [5.41, 5.74) is 7.69. The van der Waals surface area contributed by atoms with Crippen molar-refractivity contribution in [1.29, 1.82) is 0 Å². The smallest absolute Gasteiger partial charge is 0.0738 e. The molecule has 1 aromatic rings. The summed E-state index contributed by atoms with van der Waals surface area (Å²) < 4.78 is 5.68. The van der Waals surface area contributed by atoms with E-state index in [0.29, 0.717) is 0 Å². The standard InChI is InChI=1S/C11H17N3O/c1-8-6-14(7-9(2)15-8)11-3-4-13-5-10(11)12/h3-5,8-9H,6-7,12H2,1-2H3/t8-,9+. The van der Waals surface area contributed by atoms with Crippen molar-refractivity contribution >= 4 is 11.4 Å². The minimum atomic E-state index is 0.251. The number of ether oxygens (including phenoxy) is 1. The zero-order valence-corrected chi connectivity index (χ0v) is 9.18. The van der Waals surface area contributed by atoms with Gasteiger partial charge in [-0.15, -0.1) is 0 Å². The minimum absolute atomic E-state index is 0.251. The number of aromatic nitrogens is 1. The van der Waals surface area contributed by atoms with E-state index in [0.717, 1.165) is 24.5 Å². The van der Waals surface area contributed by atoms with Crippen LogP contribution in [0, 0.1) is 0 Å². The summed E-state index contributed by atoms with van der Waals surface area (Å²) in [6.07, 6.45) is 3.97. The van der Waals surface area contributed by atoms with E-state index in [2.05, 4.69) is 23.7 Å². The van der Waals surface area contributed by atoms with E-state index in [9.17, 15) is 0 Å². The van der Waals surface area contributed by atoms with Crippen LogP contribution >= 0.6 is 0 Å². The maximum absolute atomic E-state index is 5.90. The molecule has 15 heavy (non-hydrogen) atoms. The third-order valence-corrected chi connectivity index (χ3v) is 2.59. The molecule has 2 heterocycles. The molecule has 2 atom stereocenters. The zero-order chi connectivity index (χ0) is 10.8. The van der Waals surface area contributed by atoms with E-state index in [1.807, 2.05) is 6.07 Å². The Balaban J connectivity index is 2.20. The normalized spacial score (nSPS) is 26.7. The summed E-state index contributed by atoms with van der Waals surface area (Å²) in [4.78, 5) is 6.25. The monoisotopic (exact) mass is 207 g/mol. The molecule has 1 fully saturated rings. The number of pyridine rings is 1. The molecule has 0 aromatic carbocycles. The molecule has 2 N–H and O–H groups in total. The highest BCUT2D eigenvalue weighted by atomic mass is 16.5. The third-order valence-electron chi connectivity index (χ3n) is 2.59. The first-order valence-electron chi connectivity index (χ1n) is 5.26. The van der Waals surface area contributed by atoms with Crippen LogP contribution < -0.4 is 10.6 Å². The minimum Gasteiger partial charge on any atom is -0.396 e. The van der Waals surface area contributed by atoms with Gasteiger partial charge in [0.1, 0.15) is 0 Å². The highest BCUT2D eigenvalue weighted by Gasteiger charge is 2.23. The summed E-state index contributed by atoms with van der Waals surface area (Å²) in [7, 11) is 0. The second-order valence-corrected chi connectivity index (χ2v) is 4.10. The molecule has 4 heteroatoms. The molecular weight excluding hydrogens is 190 g/mol. The quantitative estimate of drug-likeness (QED) is 0.753. The van der Waals surface area contributed by atoms with Gasteiger partial charge < -0.3 is 15.4 Å². The van der Waals surface area contributed by atoms with E-state index in [1.54, 1.807) is 12.4 Å². The van der Waals surface area contributed by atoms with Gasteiger partial charge in [-0.1, -0.05) is 0 Å². The molecule has 0 unspecified atom stereocenters. The van der Waals surface area contributed by atoms with E-state index in [4.69, 9.17) is 10.5 Å². The number of hydrogen-bond donors (Lipinski definition) is 1. The van der Waals surface area contributed by atoms with Gasteiger partial charge in [0.2, 0.25) is 0 Å². The third kappa shape index (κ3) is 2.21. The van der Waals surface area contributed by atoms with Gasteiger partial charge >= 0.3 is 0 Å². The summed E-state index contributed by atoms with van der Waals surface area (Å²) in [6.45, 7) is 5.94. The molecule has 1 aliphatic heterocycles. The first-order chi connectivity index (χ1) is 7.16. The average molecular weight is 207 g/mol.